The van der Waals surface area contributed by atoms with Gasteiger partial charge in [0.2, 0.25) is 0 Å². The second-order valence-corrected chi connectivity index (χ2v) is 6.25. The molecule has 0 aliphatic carbocycles. The van der Waals surface area contributed by atoms with E-state index in [9.17, 15) is 10.1 Å². The summed E-state index contributed by atoms with van der Waals surface area (Å²) >= 11 is 13.6. The average molecular weight is 332 g/mol. The molecule has 5 nitrogen and oxygen atoms in total. The number of hydrogen-bond donors (Lipinski definition) is 1. The zero-order valence-corrected chi connectivity index (χ0v) is 13.1. The van der Waals surface area contributed by atoms with Crippen LogP contribution in [0.5, 0.6) is 0 Å². The third-order valence-corrected chi connectivity index (χ3v) is 4.40. The molecule has 0 atom stereocenters. The molecule has 0 fully saturated rings. The van der Waals surface area contributed by atoms with Crippen molar-refractivity contribution in [3.05, 3.63) is 47.9 Å². The Labute approximate surface area is 129 Å². The second kappa shape index (κ2) is 5.95. The summed E-state index contributed by atoms with van der Waals surface area (Å²) in [6.45, 7) is 4.42. The minimum Gasteiger partial charge on any atom is -0.376 e. The molecule has 1 N–H and O–H groups in total. The Morgan fingerprint density at radius 1 is 1.35 bits per heavy atom. The highest BCUT2D eigenvalue weighted by molar-refractivity contribution is 7.11. The number of halogens is 2. The Kier molecular flexibility index (Phi) is 4.47. The van der Waals surface area contributed by atoms with E-state index in [2.05, 4.69) is 10.3 Å². The maximum Gasteiger partial charge on any atom is 0.272 e. The van der Waals surface area contributed by atoms with Crippen LogP contribution in [0, 0.1) is 24.0 Å². The van der Waals surface area contributed by atoms with Crippen molar-refractivity contribution >= 4 is 45.9 Å². The van der Waals surface area contributed by atoms with E-state index in [0.29, 0.717) is 12.2 Å². The van der Waals surface area contributed by atoms with E-state index in [1.807, 2.05) is 13.8 Å². The molecule has 2 aromatic rings. The van der Waals surface area contributed by atoms with Gasteiger partial charge in [-0.15, -0.1) is 11.3 Å². The van der Waals surface area contributed by atoms with Crippen LogP contribution in [0.2, 0.25) is 10.0 Å². The Bertz CT molecular complexity index is 630. The highest BCUT2D eigenvalue weighted by Gasteiger charge is 2.15. The molecule has 0 aliphatic heterocycles. The standard InChI is InChI=1S/C12H11Cl2N3O2S/c1-6-7(2)20-11(16-6)5-15-12-9(13)3-8(17(18)19)4-10(12)14/h3-4,15H,5H2,1-2H3. The molecule has 0 spiro atoms. The van der Waals surface area contributed by atoms with Gasteiger partial charge in [-0.05, 0) is 13.8 Å². The van der Waals surface area contributed by atoms with Gasteiger partial charge in [0.15, 0.2) is 0 Å². The van der Waals surface area contributed by atoms with Crippen molar-refractivity contribution in [2.45, 2.75) is 20.4 Å². The van der Waals surface area contributed by atoms with Crippen molar-refractivity contribution in [1.82, 2.24) is 4.98 Å². The quantitative estimate of drug-likeness (QED) is 0.657. The van der Waals surface area contributed by atoms with Crippen LogP contribution in [-0.4, -0.2) is 9.91 Å². The molecule has 20 heavy (non-hydrogen) atoms. The minimum atomic E-state index is -0.533. The van der Waals surface area contributed by atoms with Gasteiger partial charge in [0.25, 0.3) is 5.69 Å². The molecule has 0 bridgehead atoms. The smallest absolute Gasteiger partial charge is 0.272 e. The molecule has 1 aromatic heterocycles. The Morgan fingerprint density at radius 2 is 1.95 bits per heavy atom. The third-order valence-electron chi connectivity index (χ3n) is 2.73. The normalized spacial score (nSPS) is 10.6. The van der Waals surface area contributed by atoms with Crippen molar-refractivity contribution < 1.29 is 4.92 Å². The molecule has 0 saturated carbocycles. The molecule has 0 amide bonds. The van der Waals surface area contributed by atoms with Gasteiger partial charge in [-0.2, -0.15) is 0 Å². The number of nitro groups is 1. The van der Waals surface area contributed by atoms with Gasteiger partial charge >= 0.3 is 0 Å². The van der Waals surface area contributed by atoms with Gasteiger partial charge in [0.1, 0.15) is 5.01 Å². The number of nitrogens with one attached hydrogen (secondary N) is 1. The molecule has 1 heterocycles. The zero-order chi connectivity index (χ0) is 14.9. The van der Waals surface area contributed by atoms with Gasteiger partial charge in [-0.25, -0.2) is 4.98 Å². The minimum absolute atomic E-state index is 0.133. The van der Waals surface area contributed by atoms with Crippen LogP contribution in [0.1, 0.15) is 15.6 Å². The number of benzene rings is 1. The Balaban J connectivity index is 2.19. The molecule has 2 rings (SSSR count). The van der Waals surface area contributed by atoms with Gasteiger partial charge in [-0.3, -0.25) is 10.1 Å². The molecule has 8 heteroatoms. The predicted molar refractivity (Wildman–Crippen MR) is 82.0 cm³/mol. The molecular formula is C12H11Cl2N3O2S. The van der Waals surface area contributed by atoms with Gasteiger partial charge in [0.05, 0.1) is 32.9 Å². The van der Waals surface area contributed by atoms with E-state index in [0.717, 1.165) is 15.6 Å². The first-order valence-corrected chi connectivity index (χ1v) is 7.26. The van der Waals surface area contributed by atoms with Crippen molar-refractivity contribution in [3.8, 4) is 0 Å². The number of aryl methyl sites for hydroxylation is 2. The molecule has 106 valence electrons. The Hall–Kier alpha value is -1.37. The second-order valence-electron chi connectivity index (χ2n) is 4.14. The summed E-state index contributed by atoms with van der Waals surface area (Å²) in [7, 11) is 0. The number of anilines is 1. The lowest BCUT2D eigenvalue weighted by Gasteiger charge is -2.08. The van der Waals surface area contributed by atoms with Crippen LogP contribution in [0.25, 0.3) is 0 Å². The SMILES string of the molecule is Cc1nc(CNc2c(Cl)cc([N+](=O)[O-])cc2Cl)sc1C. The van der Waals surface area contributed by atoms with Crippen LogP contribution >= 0.6 is 34.5 Å². The highest BCUT2D eigenvalue weighted by atomic mass is 35.5. The maximum absolute atomic E-state index is 10.7. The van der Waals surface area contributed by atoms with Crippen LogP contribution < -0.4 is 5.32 Å². The molecule has 1 aromatic carbocycles. The summed E-state index contributed by atoms with van der Waals surface area (Å²) in [5.74, 6) is 0. The first-order chi connectivity index (χ1) is 9.38. The van der Waals surface area contributed by atoms with E-state index in [1.165, 1.54) is 12.1 Å². The van der Waals surface area contributed by atoms with E-state index in [1.54, 1.807) is 11.3 Å². The summed E-state index contributed by atoms with van der Waals surface area (Å²) in [5, 5.41) is 15.1. The zero-order valence-electron chi connectivity index (χ0n) is 10.7. The largest absolute Gasteiger partial charge is 0.376 e. The first-order valence-electron chi connectivity index (χ1n) is 5.68. The van der Waals surface area contributed by atoms with Crippen molar-refractivity contribution in [3.63, 3.8) is 0 Å². The van der Waals surface area contributed by atoms with Crippen LogP contribution in [-0.2, 0) is 6.54 Å². The number of thiazole rings is 1. The van der Waals surface area contributed by atoms with E-state index < -0.39 is 4.92 Å². The van der Waals surface area contributed by atoms with Gasteiger partial charge in [-0.1, -0.05) is 23.2 Å². The summed E-state index contributed by atoms with van der Waals surface area (Å²) in [4.78, 5) is 15.7. The maximum atomic E-state index is 10.7. The predicted octanol–water partition coefficient (Wildman–Crippen LogP) is 4.59. The number of hydrogen-bond acceptors (Lipinski definition) is 5. The molecule has 0 saturated heterocycles. The van der Waals surface area contributed by atoms with Crippen molar-refractivity contribution in [1.29, 1.82) is 0 Å². The lowest BCUT2D eigenvalue weighted by Crippen LogP contribution is -2.01. The molecular weight excluding hydrogens is 321 g/mol. The summed E-state index contributed by atoms with van der Waals surface area (Å²) in [6, 6.07) is 2.54. The fourth-order valence-corrected chi connectivity index (χ4v) is 3.10. The van der Waals surface area contributed by atoms with E-state index in [4.69, 9.17) is 23.2 Å². The molecule has 0 aliphatic rings. The average Bonchev–Trinajstić information content (AvgIpc) is 2.67. The van der Waals surface area contributed by atoms with Crippen molar-refractivity contribution in [2.75, 3.05) is 5.32 Å². The summed E-state index contributed by atoms with van der Waals surface area (Å²) in [6.07, 6.45) is 0. The molecule has 0 radical (unpaired) electrons. The van der Waals surface area contributed by atoms with Gasteiger partial charge < -0.3 is 5.32 Å². The van der Waals surface area contributed by atoms with Crippen LogP contribution in [0.3, 0.4) is 0 Å². The fraction of sp³-hybridized carbons (Fsp3) is 0.250. The monoisotopic (exact) mass is 331 g/mol. The first kappa shape index (κ1) is 15.0. The number of nitrogens with zero attached hydrogens (tertiary/aromatic N) is 2. The van der Waals surface area contributed by atoms with Gasteiger partial charge in [0, 0.05) is 17.0 Å². The van der Waals surface area contributed by atoms with E-state index >= 15 is 0 Å². The third kappa shape index (κ3) is 3.20. The summed E-state index contributed by atoms with van der Waals surface area (Å²) < 4.78 is 0. The summed E-state index contributed by atoms with van der Waals surface area (Å²) in [5.41, 5.74) is 1.34. The lowest BCUT2D eigenvalue weighted by atomic mass is 10.3. The number of aromatic nitrogens is 1. The number of rotatable bonds is 4. The Morgan fingerprint density at radius 3 is 2.40 bits per heavy atom. The van der Waals surface area contributed by atoms with E-state index in [-0.39, 0.29) is 15.7 Å². The lowest BCUT2D eigenvalue weighted by molar-refractivity contribution is -0.384. The number of nitro benzene ring substituents is 1. The topological polar surface area (TPSA) is 68.1 Å². The molecule has 0 unspecified atom stereocenters. The fourth-order valence-electron chi connectivity index (χ4n) is 1.61. The van der Waals surface area contributed by atoms with Crippen LogP contribution in [0.15, 0.2) is 12.1 Å². The highest BCUT2D eigenvalue weighted by Crippen LogP contribution is 2.35. The number of non-ortho nitro benzene ring substituents is 1. The van der Waals surface area contributed by atoms with Crippen LogP contribution in [0.4, 0.5) is 11.4 Å². The van der Waals surface area contributed by atoms with Crippen molar-refractivity contribution in [2.24, 2.45) is 0 Å².